The van der Waals surface area contributed by atoms with Crippen molar-refractivity contribution in [3.05, 3.63) is 29.8 Å². The van der Waals surface area contributed by atoms with Gasteiger partial charge in [0.2, 0.25) is 0 Å². The summed E-state index contributed by atoms with van der Waals surface area (Å²) in [6.45, 7) is 8.07. The molecule has 1 saturated heterocycles. The molecule has 2 atom stereocenters. The predicted octanol–water partition coefficient (Wildman–Crippen LogP) is 0.915. The maximum absolute atomic E-state index is 12.1. The molecule has 0 bridgehead atoms. The maximum atomic E-state index is 12.1. The van der Waals surface area contributed by atoms with E-state index in [-0.39, 0.29) is 5.91 Å². The molecule has 0 saturated carbocycles. The van der Waals surface area contributed by atoms with Crippen LogP contribution in [0.5, 0.6) is 5.75 Å². The third-order valence-corrected chi connectivity index (χ3v) is 4.40. The second-order valence-electron chi connectivity index (χ2n) is 6.69. The molecule has 1 amide bonds. The van der Waals surface area contributed by atoms with Crippen molar-refractivity contribution in [1.29, 1.82) is 0 Å². The summed E-state index contributed by atoms with van der Waals surface area (Å²) in [5.41, 5.74) is 1.14. The molecule has 1 aliphatic heterocycles. The Balaban J connectivity index is 1.74. The van der Waals surface area contributed by atoms with E-state index in [0.29, 0.717) is 13.1 Å². The van der Waals surface area contributed by atoms with Gasteiger partial charge in [0.1, 0.15) is 5.75 Å². The van der Waals surface area contributed by atoms with Crippen LogP contribution in [-0.4, -0.2) is 39.2 Å². The van der Waals surface area contributed by atoms with Crippen LogP contribution < -0.4 is 15.0 Å². The number of carbonyl (C=O) groups excluding carboxylic acids is 1. The summed E-state index contributed by atoms with van der Waals surface area (Å²) in [5.74, 6) is 2.49. The van der Waals surface area contributed by atoms with Gasteiger partial charge in [-0.2, -0.15) is 0 Å². The Kier molecular flexibility index (Phi) is 6.25. The molecule has 122 valence electrons. The molecule has 22 heavy (non-hydrogen) atoms. The average Bonchev–Trinajstić information content (AvgIpc) is 2.46. The number of amides is 1. The first kappa shape index (κ1) is 16.8. The molecule has 1 aliphatic rings. The summed E-state index contributed by atoms with van der Waals surface area (Å²) in [4.78, 5) is 13.5. The van der Waals surface area contributed by atoms with Gasteiger partial charge >= 0.3 is 0 Å². The van der Waals surface area contributed by atoms with E-state index < -0.39 is 0 Å². The Labute approximate surface area is 133 Å². The molecule has 1 fully saturated rings. The first-order valence-corrected chi connectivity index (χ1v) is 8.30. The van der Waals surface area contributed by atoms with Gasteiger partial charge < -0.3 is 15.0 Å². The van der Waals surface area contributed by atoms with E-state index in [9.17, 15) is 4.79 Å². The number of ether oxygens (including phenoxy) is 1. The third kappa shape index (κ3) is 5.02. The standard InChI is InChI=1S/C18H28N2O2/c1-14-10-15(2)12-20(11-14)13-18(21)19-9-8-16-6-4-5-7-17(16)22-3/h4-7,14-15H,8-13H2,1-3H3,(H,19,21)/p+1/t14-,15-/m0/s1. The van der Waals surface area contributed by atoms with E-state index in [1.165, 1.54) is 11.3 Å². The fourth-order valence-electron chi connectivity index (χ4n) is 3.60. The largest absolute Gasteiger partial charge is 0.496 e. The van der Waals surface area contributed by atoms with Gasteiger partial charge in [0.15, 0.2) is 6.54 Å². The number of hydrogen-bond donors (Lipinski definition) is 2. The second-order valence-corrected chi connectivity index (χ2v) is 6.69. The monoisotopic (exact) mass is 305 g/mol. The minimum Gasteiger partial charge on any atom is -0.496 e. The molecular weight excluding hydrogens is 276 g/mol. The lowest BCUT2D eigenvalue weighted by molar-refractivity contribution is -0.904. The first-order valence-electron chi connectivity index (χ1n) is 8.30. The van der Waals surface area contributed by atoms with E-state index >= 15 is 0 Å². The molecule has 0 radical (unpaired) electrons. The predicted molar refractivity (Wildman–Crippen MR) is 88.2 cm³/mol. The molecular formula is C18H29N2O2+. The number of quaternary nitrogens is 1. The Hall–Kier alpha value is -1.55. The number of piperidine rings is 1. The molecule has 1 aromatic rings. The van der Waals surface area contributed by atoms with Crippen LogP contribution >= 0.6 is 0 Å². The lowest BCUT2D eigenvalue weighted by Crippen LogP contribution is -3.15. The zero-order valence-electron chi connectivity index (χ0n) is 14.0. The van der Waals surface area contributed by atoms with Gasteiger partial charge in [-0.05, 0) is 24.5 Å². The van der Waals surface area contributed by atoms with E-state index in [0.717, 1.165) is 42.7 Å². The highest BCUT2D eigenvalue weighted by molar-refractivity contribution is 5.76. The molecule has 0 spiro atoms. The van der Waals surface area contributed by atoms with Gasteiger partial charge in [0.25, 0.3) is 5.91 Å². The summed E-state index contributed by atoms with van der Waals surface area (Å²) >= 11 is 0. The van der Waals surface area contributed by atoms with Gasteiger partial charge in [0.05, 0.1) is 20.2 Å². The van der Waals surface area contributed by atoms with Gasteiger partial charge in [-0.3, -0.25) is 4.79 Å². The van der Waals surface area contributed by atoms with Crippen molar-refractivity contribution < 1.29 is 14.4 Å². The number of benzene rings is 1. The molecule has 0 aliphatic carbocycles. The highest BCUT2D eigenvalue weighted by Crippen LogP contribution is 2.17. The molecule has 0 aromatic heterocycles. The van der Waals surface area contributed by atoms with E-state index in [1.807, 2.05) is 24.3 Å². The normalized spacial score (nSPS) is 24.8. The molecule has 4 heteroatoms. The quantitative estimate of drug-likeness (QED) is 0.820. The van der Waals surface area contributed by atoms with Crippen LogP contribution in [0.3, 0.4) is 0 Å². The summed E-state index contributed by atoms with van der Waals surface area (Å²) < 4.78 is 5.33. The van der Waals surface area contributed by atoms with Crippen LogP contribution in [0, 0.1) is 11.8 Å². The van der Waals surface area contributed by atoms with Gasteiger partial charge in [0, 0.05) is 18.4 Å². The Morgan fingerprint density at radius 3 is 2.64 bits per heavy atom. The van der Waals surface area contributed by atoms with Crippen molar-refractivity contribution in [2.75, 3.05) is 33.3 Å². The van der Waals surface area contributed by atoms with Crippen molar-refractivity contribution >= 4 is 5.91 Å². The molecule has 2 N–H and O–H groups in total. The van der Waals surface area contributed by atoms with Crippen molar-refractivity contribution in [1.82, 2.24) is 5.32 Å². The summed E-state index contributed by atoms with van der Waals surface area (Å²) in [7, 11) is 1.68. The summed E-state index contributed by atoms with van der Waals surface area (Å²) in [5, 5.41) is 3.04. The summed E-state index contributed by atoms with van der Waals surface area (Å²) in [6.07, 6.45) is 2.09. The van der Waals surface area contributed by atoms with Crippen molar-refractivity contribution in [2.45, 2.75) is 26.7 Å². The lowest BCUT2D eigenvalue weighted by Gasteiger charge is -2.31. The fraction of sp³-hybridized carbons (Fsp3) is 0.611. The fourth-order valence-corrected chi connectivity index (χ4v) is 3.60. The molecule has 1 heterocycles. The van der Waals surface area contributed by atoms with Gasteiger partial charge in [-0.25, -0.2) is 0 Å². The SMILES string of the molecule is COc1ccccc1CCNC(=O)C[NH+]1C[C@@H](C)C[C@H](C)C1. The number of para-hydroxylation sites is 1. The van der Waals surface area contributed by atoms with Crippen LogP contribution in [0.15, 0.2) is 24.3 Å². The van der Waals surface area contributed by atoms with Gasteiger partial charge in [-0.15, -0.1) is 0 Å². The smallest absolute Gasteiger partial charge is 0.275 e. The highest BCUT2D eigenvalue weighted by atomic mass is 16.5. The topological polar surface area (TPSA) is 42.8 Å². The molecule has 4 nitrogen and oxygen atoms in total. The number of hydrogen-bond acceptors (Lipinski definition) is 2. The number of nitrogens with one attached hydrogen (secondary N) is 2. The minimum absolute atomic E-state index is 0.159. The van der Waals surface area contributed by atoms with Crippen LogP contribution in [0.4, 0.5) is 0 Å². The van der Waals surface area contributed by atoms with Crippen molar-refractivity contribution in [3.63, 3.8) is 0 Å². The third-order valence-electron chi connectivity index (χ3n) is 4.40. The lowest BCUT2D eigenvalue weighted by atomic mass is 9.92. The van der Waals surface area contributed by atoms with Crippen LogP contribution in [0.2, 0.25) is 0 Å². The van der Waals surface area contributed by atoms with Crippen LogP contribution in [-0.2, 0) is 11.2 Å². The Bertz CT molecular complexity index is 480. The van der Waals surface area contributed by atoms with E-state index in [1.54, 1.807) is 7.11 Å². The zero-order valence-corrected chi connectivity index (χ0v) is 14.0. The van der Waals surface area contributed by atoms with Crippen LogP contribution in [0.25, 0.3) is 0 Å². The molecule has 0 unspecified atom stereocenters. The van der Waals surface area contributed by atoms with Crippen LogP contribution in [0.1, 0.15) is 25.8 Å². The van der Waals surface area contributed by atoms with Gasteiger partial charge in [-0.1, -0.05) is 32.0 Å². The average molecular weight is 305 g/mol. The number of methoxy groups -OCH3 is 1. The maximum Gasteiger partial charge on any atom is 0.275 e. The number of carbonyl (C=O) groups is 1. The highest BCUT2D eigenvalue weighted by Gasteiger charge is 2.26. The molecule has 1 aromatic carbocycles. The Morgan fingerprint density at radius 2 is 1.95 bits per heavy atom. The van der Waals surface area contributed by atoms with E-state index in [2.05, 4.69) is 19.2 Å². The van der Waals surface area contributed by atoms with Crippen molar-refractivity contribution in [2.24, 2.45) is 11.8 Å². The van der Waals surface area contributed by atoms with Crippen molar-refractivity contribution in [3.8, 4) is 5.75 Å². The number of rotatable bonds is 6. The molecule has 2 rings (SSSR count). The minimum atomic E-state index is 0.159. The number of likely N-dealkylation sites (tertiary alicyclic amines) is 1. The first-order chi connectivity index (χ1) is 10.6. The summed E-state index contributed by atoms with van der Waals surface area (Å²) in [6, 6.07) is 7.96. The van der Waals surface area contributed by atoms with E-state index in [4.69, 9.17) is 4.74 Å². The zero-order chi connectivity index (χ0) is 15.9. The second kappa shape index (κ2) is 8.18. The Morgan fingerprint density at radius 1 is 1.27 bits per heavy atom.